The van der Waals surface area contributed by atoms with Crippen molar-refractivity contribution in [1.82, 2.24) is 4.90 Å². The fourth-order valence-electron chi connectivity index (χ4n) is 2.18. The second kappa shape index (κ2) is 8.87. The van der Waals surface area contributed by atoms with Gasteiger partial charge in [0.1, 0.15) is 0 Å². The molecule has 0 atom stereocenters. The predicted octanol–water partition coefficient (Wildman–Crippen LogP) is 1.58. The number of ether oxygens (including phenoxy) is 3. The molecule has 0 aliphatic carbocycles. The SMILES string of the molecule is COc1ccc(CCC(=O)N(C)CCC(=O)O)c(OC)c1OC. The van der Waals surface area contributed by atoms with E-state index in [1.807, 2.05) is 6.07 Å². The van der Waals surface area contributed by atoms with Crippen LogP contribution in [0.15, 0.2) is 12.1 Å². The molecule has 1 N–H and O–H groups in total. The second-order valence-corrected chi connectivity index (χ2v) is 4.95. The zero-order valence-electron chi connectivity index (χ0n) is 13.9. The van der Waals surface area contributed by atoms with Crippen molar-refractivity contribution < 1.29 is 28.9 Å². The van der Waals surface area contributed by atoms with Crippen molar-refractivity contribution in [3.05, 3.63) is 17.7 Å². The van der Waals surface area contributed by atoms with E-state index in [0.29, 0.717) is 23.7 Å². The van der Waals surface area contributed by atoms with Crippen LogP contribution >= 0.6 is 0 Å². The Kier molecular flexibility index (Phi) is 7.18. The minimum absolute atomic E-state index is 0.0675. The van der Waals surface area contributed by atoms with Crippen LogP contribution in [0.2, 0.25) is 0 Å². The minimum atomic E-state index is -0.925. The molecular formula is C16H23NO6. The van der Waals surface area contributed by atoms with E-state index in [2.05, 4.69) is 0 Å². The first-order chi connectivity index (χ1) is 10.9. The van der Waals surface area contributed by atoms with E-state index in [-0.39, 0.29) is 25.3 Å². The largest absolute Gasteiger partial charge is 0.493 e. The number of rotatable bonds is 9. The first kappa shape index (κ1) is 18.6. The Morgan fingerprint density at radius 3 is 2.22 bits per heavy atom. The van der Waals surface area contributed by atoms with Crippen LogP contribution in [0.5, 0.6) is 17.2 Å². The summed E-state index contributed by atoms with van der Waals surface area (Å²) in [6.07, 6.45) is 0.643. The van der Waals surface area contributed by atoms with Gasteiger partial charge in [0, 0.05) is 20.0 Å². The molecule has 0 spiro atoms. The molecule has 1 amide bonds. The first-order valence-electron chi connectivity index (χ1n) is 7.18. The third kappa shape index (κ3) is 5.05. The van der Waals surface area contributed by atoms with E-state index in [9.17, 15) is 9.59 Å². The molecule has 0 unspecified atom stereocenters. The molecule has 7 nitrogen and oxygen atoms in total. The monoisotopic (exact) mass is 325 g/mol. The van der Waals surface area contributed by atoms with Crippen molar-refractivity contribution in [2.45, 2.75) is 19.3 Å². The smallest absolute Gasteiger partial charge is 0.305 e. The summed E-state index contributed by atoms with van der Waals surface area (Å²) in [4.78, 5) is 24.0. The van der Waals surface area contributed by atoms with Crippen molar-refractivity contribution in [2.75, 3.05) is 34.9 Å². The number of aryl methyl sites for hydroxylation is 1. The number of aliphatic carboxylic acids is 1. The van der Waals surface area contributed by atoms with Crippen LogP contribution in [0, 0.1) is 0 Å². The fourth-order valence-corrected chi connectivity index (χ4v) is 2.18. The molecule has 0 saturated carbocycles. The van der Waals surface area contributed by atoms with Gasteiger partial charge in [-0.2, -0.15) is 0 Å². The molecule has 0 bridgehead atoms. The van der Waals surface area contributed by atoms with Gasteiger partial charge in [-0.05, 0) is 18.1 Å². The zero-order valence-corrected chi connectivity index (χ0v) is 13.9. The van der Waals surface area contributed by atoms with E-state index in [1.54, 1.807) is 13.1 Å². The lowest BCUT2D eigenvalue weighted by atomic mass is 10.1. The Balaban J connectivity index is 2.77. The molecule has 0 aliphatic rings. The summed E-state index contributed by atoms with van der Waals surface area (Å²) in [5, 5.41) is 8.65. The van der Waals surface area contributed by atoms with Crippen molar-refractivity contribution in [3.63, 3.8) is 0 Å². The van der Waals surface area contributed by atoms with Gasteiger partial charge in [-0.25, -0.2) is 0 Å². The van der Waals surface area contributed by atoms with E-state index in [1.165, 1.54) is 26.2 Å². The molecule has 0 fully saturated rings. The molecular weight excluding hydrogens is 302 g/mol. The Morgan fingerprint density at radius 1 is 1.04 bits per heavy atom. The average Bonchev–Trinajstić information content (AvgIpc) is 2.55. The van der Waals surface area contributed by atoms with Gasteiger partial charge in [0.05, 0.1) is 27.8 Å². The summed E-state index contributed by atoms with van der Waals surface area (Å²) in [5.41, 5.74) is 0.824. The third-order valence-corrected chi connectivity index (χ3v) is 3.48. The predicted molar refractivity (Wildman–Crippen MR) is 84.3 cm³/mol. The molecule has 0 aromatic heterocycles. The van der Waals surface area contributed by atoms with Gasteiger partial charge in [-0.3, -0.25) is 9.59 Å². The zero-order chi connectivity index (χ0) is 17.4. The highest BCUT2D eigenvalue weighted by atomic mass is 16.5. The molecule has 1 aromatic carbocycles. The Bertz CT molecular complexity index is 558. The van der Waals surface area contributed by atoms with Gasteiger partial charge >= 0.3 is 5.97 Å². The Labute approximate surface area is 135 Å². The quantitative estimate of drug-likeness (QED) is 0.742. The fraction of sp³-hybridized carbons (Fsp3) is 0.500. The van der Waals surface area contributed by atoms with E-state index in [4.69, 9.17) is 19.3 Å². The third-order valence-electron chi connectivity index (χ3n) is 3.48. The summed E-state index contributed by atoms with van der Waals surface area (Å²) in [6.45, 7) is 0.192. The number of carboxylic acid groups (broad SMARTS) is 1. The summed E-state index contributed by atoms with van der Waals surface area (Å²) in [6, 6.07) is 3.58. The van der Waals surface area contributed by atoms with Gasteiger partial charge in [-0.15, -0.1) is 0 Å². The van der Waals surface area contributed by atoms with E-state index >= 15 is 0 Å². The number of hydrogen-bond donors (Lipinski definition) is 1. The van der Waals surface area contributed by atoms with Crippen LogP contribution in [0.3, 0.4) is 0 Å². The summed E-state index contributed by atoms with van der Waals surface area (Å²) >= 11 is 0. The number of carboxylic acids is 1. The highest BCUT2D eigenvalue weighted by Crippen LogP contribution is 2.40. The first-order valence-corrected chi connectivity index (χ1v) is 7.18. The molecule has 7 heteroatoms. The maximum atomic E-state index is 12.0. The van der Waals surface area contributed by atoms with E-state index < -0.39 is 5.97 Å². The van der Waals surface area contributed by atoms with Crippen LogP contribution < -0.4 is 14.2 Å². The normalized spacial score (nSPS) is 10.1. The molecule has 1 aromatic rings. The van der Waals surface area contributed by atoms with Crippen LogP contribution in [0.1, 0.15) is 18.4 Å². The van der Waals surface area contributed by atoms with Crippen molar-refractivity contribution in [1.29, 1.82) is 0 Å². The molecule has 128 valence electrons. The van der Waals surface area contributed by atoms with Crippen LogP contribution in [-0.4, -0.2) is 56.8 Å². The summed E-state index contributed by atoms with van der Waals surface area (Å²) in [5.74, 6) is 0.527. The van der Waals surface area contributed by atoms with Crippen LogP contribution in [-0.2, 0) is 16.0 Å². The number of hydrogen-bond acceptors (Lipinski definition) is 5. The lowest BCUT2D eigenvalue weighted by Crippen LogP contribution is -2.29. The van der Waals surface area contributed by atoms with Crippen molar-refractivity contribution >= 4 is 11.9 Å². The van der Waals surface area contributed by atoms with E-state index in [0.717, 1.165) is 5.56 Å². The number of benzene rings is 1. The molecule has 0 radical (unpaired) electrons. The van der Waals surface area contributed by atoms with Gasteiger partial charge in [0.2, 0.25) is 11.7 Å². The number of amides is 1. The van der Waals surface area contributed by atoms with Gasteiger partial charge in [0.25, 0.3) is 0 Å². The lowest BCUT2D eigenvalue weighted by Gasteiger charge is -2.18. The average molecular weight is 325 g/mol. The van der Waals surface area contributed by atoms with Crippen LogP contribution in [0.4, 0.5) is 0 Å². The number of carbonyl (C=O) groups excluding carboxylic acids is 1. The Morgan fingerprint density at radius 2 is 1.70 bits per heavy atom. The van der Waals surface area contributed by atoms with Gasteiger partial charge in [-0.1, -0.05) is 6.07 Å². The van der Waals surface area contributed by atoms with Crippen molar-refractivity contribution in [3.8, 4) is 17.2 Å². The highest BCUT2D eigenvalue weighted by molar-refractivity contribution is 5.77. The topological polar surface area (TPSA) is 85.3 Å². The maximum absolute atomic E-state index is 12.0. The number of carbonyl (C=O) groups is 2. The standard InChI is InChI=1S/C16H23NO6/c1-17(10-9-14(19)20)13(18)8-6-11-5-7-12(21-2)16(23-4)15(11)22-3/h5,7H,6,8-10H2,1-4H3,(H,19,20). The van der Waals surface area contributed by atoms with Crippen molar-refractivity contribution in [2.24, 2.45) is 0 Å². The lowest BCUT2D eigenvalue weighted by molar-refractivity contribution is -0.138. The molecule has 1 rings (SSSR count). The maximum Gasteiger partial charge on any atom is 0.305 e. The van der Waals surface area contributed by atoms with Gasteiger partial charge in [0.15, 0.2) is 11.5 Å². The Hall–Kier alpha value is -2.44. The molecule has 0 saturated heterocycles. The molecule has 0 aliphatic heterocycles. The number of nitrogens with zero attached hydrogens (tertiary/aromatic N) is 1. The summed E-state index contributed by atoms with van der Waals surface area (Å²) in [7, 11) is 6.19. The van der Waals surface area contributed by atoms with Crippen LogP contribution in [0.25, 0.3) is 0 Å². The minimum Gasteiger partial charge on any atom is -0.493 e. The second-order valence-electron chi connectivity index (χ2n) is 4.95. The van der Waals surface area contributed by atoms with Gasteiger partial charge < -0.3 is 24.2 Å². The molecule has 0 heterocycles. The molecule has 23 heavy (non-hydrogen) atoms. The highest BCUT2D eigenvalue weighted by Gasteiger charge is 2.17. The number of methoxy groups -OCH3 is 3. The summed E-state index contributed by atoms with van der Waals surface area (Å²) < 4.78 is 15.9.